The van der Waals surface area contributed by atoms with Gasteiger partial charge in [-0.3, -0.25) is 4.79 Å². The van der Waals surface area contributed by atoms with Gasteiger partial charge in [-0.05, 0) is 56.7 Å². The molecule has 7 nitrogen and oxygen atoms in total. The Kier molecular flexibility index (Phi) is 6.98. The fraction of sp³-hybridized carbons (Fsp3) is 0.269. The maximum Gasteiger partial charge on any atom is 0.246 e. The lowest BCUT2D eigenvalue weighted by atomic mass is 10.1. The molecule has 4 rings (SSSR count). The Bertz CT molecular complexity index is 1290. The highest BCUT2D eigenvalue weighted by atomic mass is 32.1. The van der Waals surface area contributed by atoms with E-state index in [-0.39, 0.29) is 11.9 Å². The normalized spacial score (nSPS) is 12.3. The van der Waals surface area contributed by atoms with Crippen molar-refractivity contribution < 1.29 is 18.8 Å². The summed E-state index contributed by atoms with van der Waals surface area (Å²) in [6.45, 7) is 6.05. The van der Waals surface area contributed by atoms with Gasteiger partial charge >= 0.3 is 0 Å². The van der Waals surface area contributed by atoms with Crippen molar-refractivity contribution in [2.75, 3.05) is 14.2 Å². The van der Waals surface area contributed by atoms with Crippen LogP contribution in [0.3, 0.4) is 0 Å². The lowest BCUT2D eigenvalue weighted by Crippen LogP contribution is -2.27. The Hall–Kier alpha value is -3.65. The van der Waals surface area contributed by atoms with Crippen LogP contribution in [-0.4, -0.2) is 35.1 Å². The molecule has 2 aromatic carbocycles. The highest BCUT2D eigenvalue weighted by molar-refractivity contribution is 7.18. The maximum atomic E-state index is 12.8. The molecule has 34 heavy (non-hydrogen) atoms. The molecule has 0 N–H and O–H groups in total. The molecule has 176 valence electrons. The molecule has 1 atom stereocenters. The topological polar surface area (TPSA) is 77.7 Å². The van der Waals surface area contributed by atoms with Crippen LogP contribution in [0.1, 0.15) is 40.6 Å². The first-order chi connectivity index (χ1) is 16.4. The Morgan fingerprint density at radius 2 is 2.00 bits per heavy atom. The molecule has 4 aromatic rings. The number of hydrogen-bond acceptors (Lipinski definition) is 7. The zero-order valence-electron chi connectivity index (χ0n) is 19.9. The van der Waals surface area contributed by atoms with Gasteiger partial charge in [-0.2, -0.15) is 0 Å². The minimum Gasteiger partial charge on any atom is -0.493 e. The number of aryl methyl sites for hydroxylation is 2. The van der Waals surface area contributed by atoms with Crippen LogP contribution < -0.4 is 9.47 Å². The molecule has 0 spiro atoms. The zero-order valence-corrected chi connectivity index (χ0v) is 20.7. The third kappa shape index (κ3) is 4.97. The number of carbonyl (C=O) groups excluding carboxylic acids is 1. The SMILES string of the molecule is COc1cc(/C=C/C(=O)N(C)C(C)c2nc3ccccc3s2)ccc1OCc1c(C)noc1C. The van der Waals surface area contributed by atoms with Crippen LogP contribution in [0.15, 0.2) is 53.1 Å². The van der Waals surface area contributed by atoms with Gasteiger partial charge in [-0.1, -0.05) is 23.4 Å². The first-order valence-electron chi connectivity index (χ1n) is 10.9. The van der Waals surface area contributed by atoms with Gasteiger partial charge in [-0.15, -0.1) is 11.3 Å². The van der Waals surface area contributed by atoms with Gasteiger partial charge in [-0.25, -0.2) is 4.98 Å². The zero-order chi connectivity index (χ0) is 24.2. The highest BCUT2D eigenvalue weighted by Crippen LogP contribution is 2.31. The van der Waals surface area contributed by atoms with E-state index in [4.69, 9.17) is 14.0 Å². The number of thiazole rings is 1. The molecule has 0 fully saturated rings. The van der Waals surface area contributed by atoms with Crippen molar-refractivity contribution in [2.45, 2.75) is 33.4 Å². The number of para-hydroxylation sites is 1. The average Bonchev–Trinajstić information content (AvgIpc) is 3.43. The van der Waals surface area contributed by atoms with Gasteiger partial charge in [0.05, 0.1) is 34.6 Å². The van der Waals surface area contributed by atoms with E-state index < -0.39 is 0 Å². The predicted molar refractivity (Wildman–Crippen MR) is 133 cm³/mol. The summed E-state index contributed by atoms with van der Waals surface area (Å²) in [4.78, 5) is 19.2. The summed E-state index contributed by atoms with van der Waals surface area (Å²) in [7, 11) is 3.37. The van der Waals surface area contributed by atoms with Crippen LogP contribution in [0.5, 0.6) is 11.5 Å². The van der Waals surface area contributed by atoms with E-state index in [9.17, 15) is 4.79 Å². The van der Waals surface area contributed by atoms with Crippen LogP contribution in [0.4, 0.5) is 0 Å². The third-order valence-electron chi connectivity index (χ3n) is 5.76. The van der Waals surface area contributed by atoms with Crippen LogP contribution in [0, 0.1) is 13.8 Å². The Balaban J connectivity index is 1.43. The molecule has 1 amide bonds. The Labute approximate surface area is 202 Å². The maximum absolute atomic E-state index is 12.8. The minimum atomic E-state index is -0.135. The van der Waals surface area contributed by atoms with Gasteiger partial charge in [0.1, 0.15) is 17.4 Å². The molecule has 0 aliphatic carbocycles. The summed E-state index contributed by atoms with van der Waals surface area (Å²) >= 11 is 1.61. The summed E-state index contributed by atoms with van der Waals surface area (Å²) in [5, 5.41) is 4.86. The van der Waals surface area contributed by atoms with Crippen LogP contribution in [-0.2, 0) is 11.4 Å². The van der Waals surface area contributed by atoms with E-state index >= 15 is 0 Å². The second kappa shape index (κ2) is 10.1. The second-order valence-electron chi connectivity index (χ2n) is 7.98. The number of nitrogens with zero attached hydrogens (tertiary/aromatic N) is 3. The highest BCUT2D eigenvalue weighted by Gasteiger charge is 2.19. The number of amides is 1. The minimum absolute atomic E-state index is 0.107. The smallest absolute Gasteiger partial charge is 0.246 e. The quantitative estimate of drug-likeness (QED) is 0.302. The summed E-state index contributed by atoms with van der Waals surface area (Å²) in [6.07, 6.45) is 3.33. The lowest BCUT2D eigenvalue weighted by molar-refractivity contribution is -0.126. The molecule has 0 aliphatic rings. The Morgan fingerprint density at radius 3 is 2.71 bits per heavy atom. The van der Waals surface area contributed by atoms with Crippen molar-refractivity contribution in [1.29, 1.82) is 0 Å². The Morgan fingerprint density at radius 1 is 1.21 bits per heavy atom. The molecule has 0 bridgehead atoms. The molecule has 8 heteroatoms. The standard InChI is InChI=1S/C26H27N3O4S/c1-16-20(18(3)33-28-16)15-32-22-12-10-19(14-23(22)31-5)11-13-25(30)29(4)17(2)26-27-21-8-6-7-9-24(21)34-26/h6-14,17H,15H2,1-5H3/b13-11+. The number of fused-ring (bicyclic) bond motifs is 1. The van der Waals surface area contributed by atoms with Gasteiger partial charge in [0.15, 0.2) is 11.5 Å². The van der Waals surface area contributed by atoms with Crippen molar-refractivity contribution in [3.8, 4) is 11.5 Å². The molecular weight excluding hydrogens is 450 g/mol. The van der Waals surface area contributed by atoms with E-state index in [0.717, 1.165) is 37.8 Å². The van der Waals surface area contributed by atoms with E-state index in [1.165, 1.54) is 0 Å². The summed E-state index contributed by atoms with van der Waals surface area (Å²) < 4.78 is 17.7. The largest absolute Gasteiger partial charge is 0.493 e. The van der Waals surface area contributed by atoms with Crippen LogP contribution >= 0.6 is 11.3 Å². The molecule has 0 saturated carbocycles. The van der Waals surface area contributed by atoms with E-state index in [1.807, 2.05) is 63.2 Å². The van der Waals surface area contributed by atoms with Gasteiger partial charge in [0.25, 0.3) is 0 Å². The fourth-order valence-corrected chi connectivity index (χ4v) is 4.54. The number of likely N-dealkylation sites (N-methyl/N-ethyl adjacent to an activating group) is 1. The van der Waals surface area contributed by atoms with Crippen molar-refractivity contribution in [3.05, 3.63) is 76.1 Å². The van der Waals surface area contributed by atoms with Crippen molar-refractivity contribution in [1.82, 2.24) is 15.0 Å². The van der Waals surface area contributed by atoms with Crippen molar-refractivity contribution in [2.24, 2.45) is 0 Å². The molecule has 2 aromatic heterocycles. The molecule has 1 unspecified atom stereocenters. The fourth-order valence-electron chi connectivity index (χ4n) is 3.48. The number of rotatable bonds is 8. The second-order valence-corrected chi connectivity index (χ2v) is 9.04. The molecule has 2 heterocycles. The molecular formula is C26H27N3O4S. The summed E-state index contributed by atoms with van der Waals surface area (Å²) in [5.41, 5.74) is 3.51. The predicted octanol–water partition coefficient (Wildman–Crippen LogP) is 5.72. The molecule has 0 radical (unpaired) electrons. The van der Waals surface area contributed by atoms with Gasteiger partial charge in [0.2, 0.25) is 5.91 Å². The average molecular weight is 478 g/mol. The van der Waals surface area contributed by atoms with Gasteiger partial charge < -0.3 is 18.9 Å². The number of methoxy groups -OCH3 is 1. The van der Waals surface area contributed by atoms with Crippen LogP contribution in [0.25, 0.3) is 16.3 Å². The number of ether oxygens (including phenoxy) is 2. The first-order valence-corrected chi connectivity index (χ1v) is 11.7. The first kappa shape index (κ1) is 23.5. The number of carbonyl (C=O) groups is 1. The van der Waals surface area contributed by atoms with Gasteiger partial charge in [0, 0.05) is 13.1 Å². The third-order valence-corrected chi connectivity index (χ3v) is 6.96. The molecule has 0 aliphatic heterocycles. The summed E-state index contributed by atoms with van der Waals surface area (Å²) in [5.74, 6) is 1.81. The number of aromatic nitrogens is 2. The van der Waals surface area contributed by atoms with Crippen LogP contribution in [0.2, 0.25) is 0 Å². The van der Waals surface area contributed by atoms with Crippen molar-refractivity contribution in [3.63, 3.8) is 0 Å². The lowest BCUT2D eigenvalue weighted by Gasteiger charge is -2.21. The van der Waals surface area contributed by atoms with E-state index in [0.29, 0.717) is 18.1 Å². The van der Waals surface area contributed by atoms with Crippen molar-refractivity contribution >= 4 is 33.5 Å². The van der Waals surface area contributed by atoms with E-state index in [2.05, 4.69) is 10.1 Å². The number of hydrogen-bond donors (Lipinski definition) is 0. The molecule has 0 saturated heterocycles. The summed E-state index contributed by atoms with van der Waals surface area (Å²) in [6, 6.07) is 13.4. The number of benzene rings is 2. The van der Waals surface area contributed by atoms with E-state index in [1.54, 1.807) is 42.5 Å². The monoisotopic (exact) mass is 477 g/mol.